The minimum Gasteiger partial charge on any atom is -0.441 e. The van der Waals surface area contributed by atoms with Crippen LogP contribution in [0.1, 0.15) is 32.6 Å². The van der Waals surface area contributed by atoms with Crippen LogP contribution in [0.3, 0.4) is 0 Å². The second-order valence-corrected chi connectivity index (χ2v) is 12.5. The Morgan fingerprint density at radius 1 is 0.800 bits per heavy atom. The molecule has 5 heteroatoms. The highest BCUT2D eigenvalue weighted by molar-refractivity contribution is 6.67. The molecular weight excluding hydrogens is 236 g/mol. The Balaban J connectivity index is 3.69. The molecule has 0 spiro atoms. The van der Waals surface area contributed by atoms with E-state index >= 15 is 0 Å². The van der Waals surface area contributed by atoms with E-state index in [0.29, 0.717) is 0 Å². The molecule has 0 atom stereocenters. The van der Waals surface area contributed by atoms with Crippen molar-refractivity contribution < 1.29 is 8.23 Å². The summed E-state index contributed by atoms with van der Waals surface area (Å²) in [5.41, 5.74) is 0. The Labute approximate surface area is 101 Å². The van der Waals surface area contributed by atoms with E-state index in [1.54, 1.807) is 0 Å². The molecule has 0 N–H and O–H groups in total. The van der Waals surface area contributed by atoms with Crippen LogP contribution in [0.4, 0.5) is 0 Å². The lowest BCUT2D eigenvalue weighted by Crippen LogP contribution is -2.32. The molecule has 0 aromatic heterocycles. The molecule has 0 saturated carbocycles. The van der Waals surface area contributed by atoms with E-state index in [1.165, 1.54) is 31.7 Å². The van der Waals surface area contributed by atoms with E-state index < -0.39 is 27.4 Å². The third-order valence-electron chi connectivity index (χ3n) is 2.14. The first kappa shape index (κ1) is 15.6. The molecule has 0 aromatic carbocycles. The summed E-state index contributed by atoms with van der Waals surface area (Å²) in [4.78, 5) is 0. The van der Waals surface area contributed by atoms with Crippen LogP contribution in [-0.4, -0.2) is 27.4 Å². The van der Waals surface area contributed by atoms with Gasteiger partial charge in [0.1, 0.15) is 0 Å². The van der Waals surface area contributed by atoms with Gasteiger partial charge in [0.25, 0.3) is 9.28 Å². The molecule has 0 aromatic rings. The van der Waals surface area contributed by atoms with Gasteiger partial charge in [0.05, 0.1) is 0 Å². The third-order valence-corrected chi connectivity index (χ3v) is 9.80. The molecule has 15 heavy (non-hydrogen) atoms. The SMILES string of the molecule is CCCCCC[SiH](O[SiH](C)C)O[SiH](C)C. The first-order valence-electron chi connectivity index (χ1n) is 6.37. The van der Waals surface area contributed by atoms with Crippen LogP contribution in [0.5, 0.6) is 0 Å². The van der Waals surface area contributed by atoms with Crippen LogP contribution >= 0.6 is 0 Å². The lowest BCUT2D eigenvalue weighted by Gasteiger charge is -2.21. The van der Waals surface area contributed by atoms with Gasteiger partial charge in [0.15, 0.2) is 18.1 Å². The van der Waals surface area contributed by atoms with E-state index in [4.69, 9.17) is 8.23 Å². The molecule has 0 amide bonds. The average Bonchev–Trinajstić information content (AvgIpc) is 2.10. The third kappa shape index (κ3) is 10.8. The van der Waals surface area contributed by atoms with Crippen molar-refractivity contribution in [3.63, 3.8) is 0 Å². The van der Waals surface area contributed by atoms with Crippen molar-refractivity contribution in [2.45, 2.75) is 64.8 Å². The summed E-state index contributed by atoms with van der Waals surface area (Å²) in [5, 5.41) is 0. The van der Waals surface area contributed by atoms with Crippen molar-refractivity contribution in [2.75, 3.05) is 0 Å². The normalized spacial score (nSPS) is 12.0. The van der Waals surface area contributed by atoms with Crippen LogP contribution in [0.15, 0.2) is 0 Å². The molecule has 92 valence electrons. The Kier molecular flexibility index (Phi) is 10.1. The molecule has 0 aliphatic heterocycles. The lowest BCUT2D eigenvalue weighted by atomic mass is 10.2. The van der Waals surface area contributed by atoms with Gasteiger partial charge in [0.2, 0.25) is 0 Å². The van der Waals surface area contributed by atoms with Crippen LogP contribution < -0.4 is 0 Å². The number of rotatable bonds is 9. The molecule has 0 unspecified atom stereocenters. The summed E-state index contributed by atoms with van der Waals surface area (Å²) >= 11 is 0. The zero-order valence-corrected chi connectivity index (χ0v) is 14.5. The summed E-state index contributed by atoms with van der Waals surface area (Å²) in [6, 6.07) is 1.23. The van der Waals surface area contributed by atoms with Gasteiger partial charge in [-0.15, -0.1) is 0 Å². The highest BCUT2D eigenvalue weighted by Crippen LogP contribution is 2.09. The molecule has 2 nitrogen and oxygen atoms in total. The lowest BCUT2D eigenvalue weighted by molar-refractivity contribution is 0.432. The predicted octanol–water partition coefficient (Wildman–Crippen LogP) is 2.79. The number of hydrogen-bond acceptors (Lipinski definition) is 2. The van der Waals surface area contributed by atoms with E-state index in [1.807, 2.05) is 0 Å². The smallest absolute Gasteiger partial charge is 0.300 e. The first-order chi connectivity index (χ1) is 7.06. The fourth-order valence-corrected chi connectivity index (χ4v) is 8.91. The molecule has 0 radical (unpaired) electrons. The van der Waals surface area contributed by atoms with Crippen molar-refractivity contribution in [2.24, 2.45) is 0 Å². The summed E-state index contributed by atoms with van der Waals surface area (Å²) in [6.45, 7) is 11.2. The van der Waals surface area contributed by atoms with Gasteiger partial charge in [-0.2, -0.15) is 0 Å². The monoisotopic (exact) mass is 264 g/mol. The van der Waals surface area contributed by atoms with E-state index in [0.717, 1.165) is 0 Å². The van der Waals surface area contributed by atoms with Gasteiger partial charge in [-0.25, -0.2) is 0 Å². The molecule has 0 saturated heterocycles. The average molecular weight is 265 g/mol. The Morgan fingerprint density at radius 3 is 1.73 bits per heavy atom. The summed E-state index contributed by atoms with van der Waals surface area (Å²) in [5.74, 6) is 0. The predicted molar refractivity (Wildman–Crippen MR) is 76.0 cm³/mol. The van der Waals surface area contributed by atoms with Crippen LogP contribution in [-0.2, 0) is 8.23 Å². The van der Waals surface area contributed by atoms with Gasteiger partial charge in [-0.05, 0) is 32.2 Å². The van der Waals surface area contributed by atoms with Gasteiger partial charge < -0.3 is 8.23 Å². The molecule has 0 aliphatic carbocycles. The van der Waals surface area contributed by atoms with Crippen molar-refractivity contribution in [3.8, 4) is 0 Å². The largest absolute Gasteiger partial charge is 0.441 e. The van der Waals surface area contributed by atoms with Crippen molar-refractivity contribution in [3.05, 3.63) is 0 Å². The first-order valence-corrected chi connectivity index (χ1v) is 13.7. The number of unbranched alkanes of at least 4 members (excludes halogenated alkanes) is 3. The Bertz CT molecular complexity index is 133. The second-order valence-electron chi connectivity index (χ2n) is 4.65. The Hall–Kier alpha value is 0.571. The molecule has 0 heterocycles. The van der Waals surface area contributed by atoms with Crippen LogP contribution in [0.25, 0.3) is 0 Å². The summed E-state index contributed by atoms with van der Waals surface area (Å²) in [6.07, 6.45) is 5.34. The Morgan fingerprint density at radius 2 is 1.33 bits per heavy atom. The molecule has 0 aliphatic rings. The molecule has 0 bridgehead atoms. The zero-order valence-electron chi connectivity index (χ0n) is 11.1. The van der Waals surface area contributed by atoms with Crippen LogP contribution in [0, 0.1) is 0 Å². The van der Waals surface area contributed by atoms with Crippen molar-refractivity contribution in [1.29, 1.82) is 0 Å². The van der Waals surface area contributed by atoms with Crippen LogP contribution in [0.2, 0.25) is 32.2 Å². The quantitative estimate of drug-likeness (QED) is 0.471. The van der Waals surface area contributed by atoms with Crippen molar-refractivity contribution in [1.82, 2.24) is 0 Å². The minimum atomic E-state index is -1.27. The highest BCUT2D eigenvalue weighted by Gasteiger charge is 2.16. The molecule has 0 rings (SSSR count). The van der Waals surface area contributed by atoms with Crippen molar-refractivity contribution >= 4 is 27.4 Å². The second kappa shape index (κ2) is 9.77. The van der Waals surface area contributed by atoms with Gasteiger partial charge in [-0.3, -0.25) is 0 Å². The topological polar surface area (TPSA) is 18.5 Å². The number of hydrogen-bond donors (Lipinski definition) is 0. The van der Waals surface area contributed by atoms with Gasteiger partial charge >= 0.3 is 0 Å². The maximum Gasteiger partial charge on any atom is 0.300 e. The highest BCUT2D eigenvalue weighted by atomic mass is 28.4. The van der Waals surface area contributed by atoms with E-state index in [2.05, 4.69) is 33.1 Å². The fraction of sp³-hybridized carbons (Fsp3) is 1.00. The summed E-state index contributed by atoms with van der Waals surface area (Å²) in [7, 11) is -3.04. The maximum absolute atomic E-state index is 6.03. The zero-order chi connectivity index (χ0) is 11.7. The standard InChI is InChI=1S/C10H28O2Si3/c1-6-7-8-9-10-15(11-13(2)3)12-14(4)5/h13-15H,6-10H2,1-5H3. The molecular formula is C10H28O2Si3. The summed E-state index contributed by atoms with van der Waals surface area (Å²) < 4.78 is 12.1. The maximum atomic E-state index is 6.03. The van der Waals surface area contributed by atoms with E-state index in [9.17, 15) is 0 Å². The molecule has 0 fully saturated rings. The van der Waals surface area contributed by atoms with E-state index in [-0.39, 0.29) is 0 Å². The minimum absolute atomic E-state index is 0.887. The van der Waals surface area contributed by atoms with Gasteiger partial charge in [-0.1, -0.05) is 32.6 Å². The fourth-order valence-electron chi connectivity index (χ4n) is 1.51. The van der Waals surface area contributed by atoms with Gasteiger partial charge in [0, 0.05) is 0 Å².